The Morgan fingerprint density at radius 1 is 1.00 bits per heavy atom. The summed E-state index contributed by atoms with van der Waals surface area (Å²) < 4.78 is 12.2. The lowest BCUT2D eigenvalue weighted by Gasteiger charge is -2.42. The van der Waals surface area contributed by atoms with Crippen LogP contribution in [-0.2, 0) is 20.7 Å². The van der Waals surface area contributed by atoms with E-state index in [1.54, 1.807) is 6.92 Å². The molecule has 4 heterocycles. The molecule has 14 heteroatoms. The molecule has 0 radical (unpaired) electrons. The van der Waals surface area contributed by atoms with Gasteiger partial charge in [-0.3, -0.25) is 29.4 Å². The molecule has 1 aromatic heterocycles. The monoisotopic (exact) mass is 484 g/mol. The van der Waals surface area contributed by atoms with Gasteiger partial charge in [0.1, 0.15) is 24.7 Å². The van der Waals surface area contributed by atoms with Crippen LogP contribution in [0, 0.1) is 5.92 Å². The molecule has 3 fully saturated rings. The number of hydrogen-bond donors (Lipinski definition) is 6. The van der Waals surface area contributed by atoms with Gasteiger partial charge < -0.3 is 29.9 Å². The van der Waals surface area contributed by atoms with Crippen LogP contribution in [0.2, 0.25) is 0 Å². The first-order valence-corrected chi connectivity index (χ1v) is 11.0. The number of ether oxygens (including phenoxy) is 2. The van der Waals surface area contributed by atoms with Crippen LogP contribution in [-0.4, -0.2) is 96.7 Å². The topological polar surface area (TPSA) is 204 Å². The van der Waals surface area contributed by atoms with Crippen LogP contribution in [0.3, 0.4) is 0 Å². The number of imide groups is 1. The summed E-state index contributed by atoms with van der Waals surface area (Å²) in [5.74, 6) is -1.32. The van der Waals surface area contributed by atoms with Gasteiger partial charge in [-0.15, -0.1) is 0 Å². The molecule has 1 aromatic rings. The quantitative estimate of drug-likeness (QED) is 0.238. The van der Waals surface area contributed by atoms with Crippen LogP contribution >= 0.6 is 0 Å². The van der Waals surface area contributed by atoms with Crippen LogP contribution in [0.5, 0.6) is 0 Å². The van der Waals surface area contributed by atoms with E-state index in [9.17, 15) is 39.6 Å². The Morgan fingerprint density at radius 3 is 2.18 bits per heavy atom. The van der Waals surface area contributed by atoms with Gasteiger partial charge in [-0.05, 0) is 0 Å². The van der Waals surface area contributed by atoms with Gasteiger partial charge in [0.05, 0.1) is 37.4 Å². The smallest absolute Gasteiger partial charge is 0.330 e. The molecule has 4 rings (SSSR count). The number of urea groups is 1. The molecular weight excluding hydrogens is 456 g/mol. The van der Waals surface area contributed by atoms with Gasteiger partial charge in [0.25, 0.3) is 5.56 Å². The van der Waals surface area contributed by atoms with Crippen molar-refractivity contribution in [2.45, 2.75) is 69.1 Å². The fraction of sp³-hybridized carbons (Fsp3) is 0.700. The van der Waals surface area contributed by atoms with E-state index in [-0.39, 0.29) is 24.8 Å². The van der Waals surface area contributed by atoms with Gasteiger partial charge in [-0.25, -0.2) is 9.59 Å². The van der Waals surface area contributed by atoms with Crippen LogP contribution in [0.4, 0.5) is 4.79 Å². The summed E-state index contributed by atoms with van der Waals surface area (Å²) in [4.78, 5) is 53.5. The molecule has 0 aliphatic carbocycles. The zero-order valence-corrected chi connectivity index (χ0v) is 18.4. The molecule has 3 amide bonds. The largest absolute Gasteiger partial charge is 0.394 e. The molecule has 0 aromatic carbocycles. The first kappa shape index (κ1) is 24.5. The number of H-pyrrole nitrogens is 1. The van der Waals surface area contributed by atoms with Gasteiger partial charge >= 0.3 is 11.7 Å². The van der Waals surface area contributed by atoms with Crippen LogP contribution < -0.4 is 16.6 Å². The van der Waals surface area contributed by atoms with E-state index >= 15 is 0 Å². The molecule has 3 aliphatic heterocycles. The van der Waals surface area contributed by atoms with Crippen LogP contribution in [0.15, 0.2) is 15.8 Å². The number of aromatic amines is 1. The molecule has 14 nitrogen and oxygen atoms in total. The highest BCUT2D eigenvalue weighted by Crippen LogP contribution is 2.31. The van der Waals surface area contributed by atoms with E-state index in [1.165, 1.54) is 11.1 Å². The molecular formula is C20H28N4O10. The highest BCUT2D eigenvalue weighted by atomic mass is 16.5. The summed E-state index contributed by atoms with van der Waals surface area (Å²) in [6.07, 6.45) is -4.55. The Balaban J connectivity index is 1.65. The number of carbonyl (C=O) groups excluding carboxylic acids is 2. The molecule has 188 valence electrons. The van der Waals surface area contributed by atoms with E-state index in [0.29, 0.717) is 0 Å². The van der Waals surface area contributed by atoms with Crippen molar-refractivity contribution in [1.29, 1.82) is 0 Å². The normalized spacial score (nSPS) is 36.2. The van der Waals surface area contributed by atoms with Gasteiger partial charge in [0.15, 0.2) is 0 Å². The zero-order chi connectivity index (χ0) is 24.7. The number of nitrogens with zero attached hydrogens (tertiary/aromatic N) is 2. The molecule has 34 heavy (non-hydrogen) atoms. The zero-order valence-electron chi connectivity index (χ0n) is 18.4. The standard InChI is InChI=1S/C20H28N4O10/c1-8-10(24(20(32)21-17(8)29)16-4-12(28)14(7-26)34-16)2-9-5-23(19(31)22-18(9)30)15-3-11(27)13(6-25)33-15/h5,8,10-16,25-28H,2-4,6-7H2,1H3,(H,21,29,32)(H,22,30,31)/t8-,10-,11-,12-,13+,14+,15+,16+/m0/s1. The van der Waals surface area contributed by atoms with Crippen molar-refractivity contribution in [2.75, 3.05) is 13.2 Å². The summed E-state index contributed by atoms with van der Waals surface area (Å²) in [6, 6.07) is -1.62. The summed E-state index contributed by atoms with van der Waals surface area (Å²) in [6.45, 7) is 0.663. The van der Waals surface area contributed by atoms with Crippen molar-refractivity contribution in [3.8, 4) is 0 Å². The van der Waals surface area contributed by atoms with Crippen molar-refractivity contribution >= 4 is 11.9 Å². The highest BCUT2D eigenvalue weighted by Gasteiger charge is 2.47. The molecule has 0 bridgehead atoms. The first-order valence-electron chi connectivity index (χ1n) is 11.0. The van der Waals surface area contributed by atoms with Crippen molar-refractivity contribution in [1.82, 2.24) is 19.8 Å². The lowest BCUT2D eigenvalue weighted by molar-refractivity contribution is -0.133. The number of aliphatic hydroxyl groups excluding tert-OH is 4. The maximum atomic E-state index is 12.7. The van der Waals surface area contributed by atoms with Crippen molar-refractivity contribution in [2.24, 2.45) is 5.92 Å². The molecule has 6 N–H and O–H groups in total. The van der Waals surface area contributed by atoms with E-state index in [2.05, 4.69) is 10.3 Å². The Labute approximate surface area is 192 Å². The maximum absolute atomic E-state index is 12.7. The highest BCUT2D eigenvalue weighted by molar-refractivity contribution is 5.98. The predicted molar refractivity (Wildman–Crippen MR) is 111 cm³/mol. The third kappa shape index (κ3) is 4.39. The Kier molecular flexibility index (Phi) is 6.89. The minimum Gasteiger partial charge on any atom is -0.394 e. The number of rotatable bonds is 6. The minimum atomic E-state index is -1.02. The van der Waals surface area contributed by atoms with E-state index in [0.717, 1.165) is 4.57 Å². The second-order valence-corrected chi connectivity index (χ2v) is 8.81. The Hall–Kier alpha value is -2.62. The van der Waals surface area contributed by atoms with Crippen molar-refractivity contribution < 1.29 is 39.5 Å². The van der Waals surface area contributed by atoms with Gasteiger partial charge in [0.2, 0.25) is 5.91 Å². The van der Waals surface area contributed by atoms with Crippen molar-refractivity contribution in [3.63, 3.8) is 0 Å². The molecule has 3 aliphatic rings. The van der Waals surface area contributed by atoms with Gasteiger partial charge in [0, 0.05) is 31.0 Å². The average molecular weight is 484 g/mol. The average Bonchev–Trinajstić information content (AvgIpc) is 3.34. The summed E-state index contributed by atoms with van der Waals surface area (Å²) in [5, 5.41) is 41.0. The third-order valence-electron chi connectivity index (χ3n) is 6.67. The van der Waals surface area contributed by atoms with Crippen LogP contribution in [0.25, 0.3) is 0 Å². The van der Waals surface area contributed by atoms with E-state index in [4.69, 9.17) is 9.47 Å². The third-order valence-corrected chi connectivity index (χ3v) is 6.67. The molecule has 0 unspecified atom stereocenters. The lowest BCUT2D eigenvalue weighted by atomic mass is 9.91. The van der Waals surface area contributed by atoms with E-state index < -0.39 is 85.2 Å². The number of aliphatic hydroxyl groups is 4. The number of aromatic nitrogens is 2. The number of carbonyl (C=O) groups is 2. The first-order chi connectivity index (χ1) is 16.1. The summed E-state index contributed by atoms with van der Waals surface area (Å²) in [7, 11) is 0. The number of nitrogens with one attached hydrogen (secondary N) is 2. The van der Waals surface area contributed by atoms with Crippen molar-refractivity contribution in [3.05, 3.63) is 32.6 Å². The second kappa shape index (κ2) is 9.56. The minimum absolute atomic E-state index is 0.00224. The lowest BCUT2D eigenvalue weighted by Crippen LogP contribution is -2.63. The number of amides is 3. The second-order valence-electron chi connectivity index (χ2n) is 8.81. The maximum Gasteiger partial charge on any atom is 0.330 e. The SMILES string of the molecule is C[C@@H]1C(=O)NC(=O)N([C@H]2C[C@H](O)[C@@H](CO)O2)[C@H]1Cc1cn([C@H]2C[C@H](O)[C@@H](CO)O2)c(=O)[nH]c1=O. The predicted octanol–water partition coefficient (Wildman–Crippen LogP) is -3.26. The summed E-state index contributed by atoms with van der Waals surface area (Å²) in [5.41, 5.74) is -1.42. The van der Waals surface area contributed by atoms with Crippen LogP contribution in [0.1, 0.15) is 31.6 Å². The molecule has 3 saturated heterocycles. The fourth-order valence-electron chi connectivity index (χ4n) is 4.68. The summed E-state index contributed by atoms with van der Waals surface area (Å²) >= 11 is 0. The van der Waals surface area contributed by atoms with E-state index in [1.807, 2.05) is 0 Å². The molecule has 0 spiro atoms. The Bertz CT molecular complexity index is 1060. The van der Waals surface area contributed by atoms with Gasteiger partial charge in [-0.2, -0.15) is 0 Å². The number of hydrogen-bond acceptors (Lipinski definition) is 10. The fourth-order valence-corrected chi connectivity index (χ4v) is 4.68. The molecule has 0 saturated carbocycles. The van der Waals surface area contributed by atoms with Gasteiger partial charge in [-0.1, -0.05) is 6.92 Å². The molecule has 8 atom stereocenters. The Morgan fingerprint density at radius 2 is 1.59 bits per heavy atom.